The maximum absolute atomic E-state index is 6.32. The van der Waals surface area contributed by atoms with Crippen molar-refractivity contribution in [2.45, 2.75) is 83.5 Å². The van der Waals surface area contributed by atoms with Crippen LogP contribution in [0.1, 0.15) is 46.5 Å². The Balaban J connectivity index is 1.95. The van der Waals surface area contributed by atoms with Crippen molar-refractivity contribution in [1.82, 2.24) is 0 Å². The van der Waals surface area contributed by atoms with E-state index in [4.69, 9.17) is 18.0 Å². The highest BCUT2D eigenvalue weighted by Gasteiger charge is 2.47. The highest BCUT2D eigenvalue weighted by Crippen LogP contribution is 2.42. The van der Waals surface area contributed by atoms with E-state index in [2.05, 4.69) is 33.9 Å². The fourth-order valence-electron chi connectivity index (χ4n) is 4.17. The van der Waals surface area contributed by atoms with E-state index in [1.807, 2.05) is 0 Å². The molecule has 0 radical (unpaired) electrons. The van der Waals surface area contributed by atoms with Crippen molar-refractivity contribution >= 4 is 16.9 Å². The van der Waals surface area contributed by atoms with Gasteiger partial charge in [-0.15, -0.1) is 0 Å². The van der Waals surface area contributed by atoms with Crippen molar-refractivity contribution in [3.8, 4) is 0 Å². The highest BCUT2D eigenvalue weighted by atomic mass is 28.4. The minimum atomic E-state index is -2.16. The summed E-state index contributed by atoms with van der Waals surface area (Å²) in [5.41, 5.74) is 1.05. The Bertz CT molecular complexity index is 359. The van der Waals surface area contributed by atoms with E-state index in [1.165, 1.54) is 25.7 Å². The number of hydrogen-bond donors (Lipinski definition) is 0. The number of rotatable bonds is 11. The number of hydrogen-bond acceptors (Lipinski definition) is 4. The fourth-order valence-corrected chi connectivity index (χ4v) is 14.3. The number of fused-ring (bicyclic) bond motifs is 1. The summed E-state index contributed by atoms with van der Waals surface area (Å²) in [5.74, 6) is 0.795. The van der Waals surface area contributed by atoms with Crippen LogP contribution in [0.2, 0.25) is 24.8 Å². The predicted octanol–water partition coefficient (Wildman–Crippen LogP) is 4.24. The molecule has 0 N–H and O–H groups in total. The molecule has 1 saturated carbocycles. The Morgan fingerprint density at radius 3 is 2.13 bits per heavy atom. The fraction of sp³-hybridized carbons (Fsp3) is 1.00. The molecule has 4 nitrogen and oxygen atoms in total. The Labute approximate surface area is 144 Å². The van der Waals surface area contributed by atoms with Crippen LogP contribution in [-0.2, 0) is 18.0 Å². The van der Waals surface area contributed by atoms with Crippen molar-refractivity contribution in [3.63, 3.8) is 0 Å². The first-order valence-corrected chi connectivity index (χ1v) is 14.9. The molecule has 0 aromatic carbocycles. The molecule has 3 unspecified atom stereocenters. The number of epoxide rings is 1. The predicted molar refractivity (Wildman–Crippen MR) is 98.3 cm³/mol. The molecule has 1 aliphatic carbocycles. The summed E-state index contributed by atoms with van der Waals surface area (Å²) in [6.07, 6.45) is 6.21. The van der Waals surface area contributed by atoms with E-state index >= 15 is 0 Å². The van der Waals surface area contributed by atoms with Gasteiger partial charge in [-0.2, -0.15) is 0 Å². The molecule has 1 aliphatic heterocycles. The third-order valence-electron chi connectivity index (χ3n) is 5.09. The number of ether oxygens (including phenoxy) is 1. The average molecular weight is 361 g/mol. The summed E-state index contributed by atoms with van der Waals surface area (Å²) in [6.45, 7) is 13.2. The van der Waals surface area contributed by atoms with Gasteiger partial charge in [0.1, 0.15) is 0 Å². The van der Waals surface area contributed by atoms with Crippen molar-refractivity contribution in [1.29, 1.82) is 0 Å². The van der Waals surface area contributed by atoms with Gasteiger partial charge in [-0.3, -0.25) is 0 Å². The smallest absolute Gasteiger partial charge is 0.337 e. The van der Waals surface area contributed by atoms with Crippen molar-refractivity contribution in [2.24, 2.45) is 5.92 Å². The lowest BCUT2D eigenvalue weighted by Crippen LogP contribution is -2.51. The topological polar surface area (TPSA) is 40.2 Å². The zero-order chi connectivity index (χ0) is 16.9. The molecule has 1 saturated heterocycles. The standard InChI is InChI=1S/C17H36O4Si2/c1-6-18-22(4,5)14-23(19-7-2,20-8-3)12-11-15-9-10-16-17(13-15)21-16/h15-17H,6-14H2,1-5H3. The summed E-state index contributed by atoms with van der Waals surface area (Å²) in [7, 11) is -3.88. The second kappa shape index (κ2) is 8.58. The first-order chi connectivity index (χ1) is 10.9. The van der Waals surface area contributed by atoms with Crippen LogP contribution in [0.5, 0.6) is 0 Å². The molecule has 0 amide bonds. The Hall–Kier alpha value is 0.274. The molecule has 0 spiro atoms. The molecule has 136 valence electrons. The van der Waals surface area contributed by atoms with E-state index in [9.17, 15) is 0 Å². The second-order valence-electron chi connectivity index (χ2n) is 7.58. The summed E-state index contributed by atoms with van der Waals surface area (Å²) < 4.78 is 24.4. The minimum Gasteiger partial charge on any atom is -0.418 e. The van der Waals surface area contributed by atoms with Crippen molar-refractivity contribution in [3.05, 3.63) is 0 Å². The average Bonchev–Trinajstić information content (AvgIpc) is 3.23. The van der Waals surface area contributed by atoms with Gasteiger partial charge >= 0.3 is 8.56 Å². The Morgan fingerprint density at radius 1 is 0.913 bits per heavy atom. The van der Waals surface area contributed by atoms with Crippen LogP contribution in [0, 0.1) is 5.92 Å². The van der Waals surface area contributed by atoms with Gasteiger partial charge in [0.25, 0.3) is 0 Å². The molecule has 2 aliphatic rings. The third kappa shape index (κ3) is 5.94. The molecular weight excluding hydrogens is 324 g/mol. The Morgan fingerprint density at radius 2 is 1.57 bits per heavy atom. The molecule has 3 atom stereocenters. The maximum Gasteiger partial charge on any atom is 0.337 e. The molecule has 2 fully saturated rings. The van der Waals surface area contributed by atoms with Crippen LogP contribution >= 0.6 is 0 Å². The van der Waals surface area contributed by atoms with Crippen LogP contribution in [0.15, 0.2) is 0 Å². The molecule has 0 aromatic rings. The van der Waals surface area contributed by atoms with Gasteiger partial charge < -0.3 is 18.0 Å². The largest absolute Gasteiger partial charge is 0.418 e. The lowest BCUT2D eigenvalue weighted by Gasteiger charge is -2.36. The second-order valence-corrected chi connectivity index (χ2v) is 15.7. The van der Waals surface area contributed by atoms with Crippen LogP contribution < -0.4 is 0 Å². The quantitative estimate of drug-likeness (QED) is 0.408. The molecule has 23 heavy (non-hydrogen) atoms. The van der Waals surface area contributed by atoms with Crippen molar-refractivity contribution in [2.75, 3.05) is 19.8 Å². The molecule has 0 bridgehead atoms. The van der Waals surface area contributed by atoms with E-state index in [0.717, 1.165) is 37.5 Å². The van der Waals surface area contributed by atoms with Gasteiger partial charge in [-0.25, -0.2) is 0 Å². The van der Waals surface area contributed by atoms with Gasteiger partial charge in [-0.1, -0.05) is 0 Å². The SMILES string of the molecule is CCO[Si](C)(C)C[Si](CCC1CCC2OC2C1)(OCC)OCC. The van der Waals surface area contributed by atoms with E-state index in [0.29, 0.717) is 12.2 Å². The summed E-state index contributed by atoms with van der Waals surface area (Å²) in [5, 5.41) is 0. The lowest BCUT2D eigenvalue weighted by atomic mass is 9.88. The van der Waals surface area contributed by atoms with Gasteiger partial charge in [0.05, 0.1) is 12.2 Å². The van der Waals surface area contributed by atoms with Crippen LogP contribution in [0.4, 0.5) is 0 Å². The molecule has 2 rings (SSSR count). The van der Waals surface area contributed by atoms with Crippen LogP contribution in [0.25, 0.3) is 0 Å². The molecule has 1 heterocycles. The molecule has 6 heteroatoms. The zero-order valence-electron chi connectivity index (χ0n) is 15.7. The van der Waals surface area contributed by atoms with E-state index in [1.54, 1.807) is 0 Å². The highest BCUT2D eigenvalue weighted by molar-refractivity contribution is 6.87. The first kappa shape index (κ1) is 19.6. The molecule has 0 aromatic heterocycles. The maximum atomic E-state index is 6.32. The summed E-state index contributed by atoms with van der Waals surface area (Å²) in [6, 6.07) is 1.11. The summed E-state index contributed by atoms with van der Waals surface area (Å²) >= 11 is 0. The lowest BCUT2D eigenvalue weighted by molar-refractivity contribution is 0.180. The van der Waals surface area contributed by atoms with Crippen LogP contribution in [0.3, 0.4) is 0 Å². The minimum absolute atomic E-state index is 0.568. The van der Waals surface area contributed by atoms with Gasteiger partial charge in [0.2, 0.25) is 0 Å². The van der Waals surface area contributed by atoms with Gasteiger partial charge in [0.15, 0.2) is 8.32 Å². The van der Waals surface area contributed by atoms with Gasteiger partial charge in [-0.05, 0) is 71.5 Å². The Kier molecular flexibility index (Phi) is 7.31. The van der Waals surface area contributed by atoms with Crippen LogP contribution in [-0.4, -0.2) is 48.9 Å². The zero-order valence-corrected chi connectivity index (χ0v) is 17.7. The van der Waals surface area contributed by atoms with E-state index in [-0.39, 0.29) is 0 Å². The van der Waals surface area contributed by atoms with Gasteiger partial charge in [0, 0.05) is 25.5 Å². The molecular formula is C17H36O4Si2. The summed E-state index contributed by atoms with van der Waals surface area (Å²) in [4.78, 5) is 0. The third-order valence-corrected chi connectivity index (χ3v) is 14.4. The van der Waals surface area contributed by atoms with Crippen molar-refractivity contribution < 1.29 is 18.0 Å². The van der Waals surface area contributed by atoms with E-state index < -0.39 is 16.9 Å². The monoisotopic (exact) mass is 360 g/mol. The normalized spacial score (nSPS) is 27.8. The first-order valence-electron chi connectivity index (χ1n) is 9.51.